The number of fused-ring (bicyclic) bond motifs is 1. The predicted octanol–water partition coefficient (Wildman–Crippen LogP) is 2.24. The van der Waals surface area contributed by atoms with Gasteiger partial charge in [0.1, 0.15) is 6.61 Å². The molecule has 4 aliphatic rings. The van der Waals surface area contributed by atoms with Crippen LogP contribution in [-0.4, -0.2) is 42.1 Å². The molecule has 1 aromatic rings. The van der Waals surface area contributed by atoms with Gasteiger partial charge in [-0.25, -0.2) is 4.79 Å². The summed E-state index contributed by atoms with van der Waals surface area (Å²) in [6, 6.07) is 8.97. The standard InChI is InChI=1S/C20H24N2O3/c1-2-13-3-5-15(6-4-13)20-9-16(20)10-22(11-20)17(23)14-7-19(8-14)12-25-18(24)21-19/h3-6,14,16H,2,7-12H2,1H3,(H,21,24). The van der Waals surface area contributed by atoms with E-state index in [4.69, 9.17) is 4.74 Å². The number of rotatable bonds is 3. The second-order valence-corrected chi connectivity index (χ2v) is 8.41. The third-order valence-corrected chi connectivity index (χ3v) is 6.86. The highest BCUT2D eigenvalue weighted by atomic mass is 16.6. The molecule has 25 heavy (non-hydrogen) atoms. The van der Waals surface area contributed by atoms with Crippen molar-refractivity contribution >= 4 is 12.0 Å². The van der Waals surface area contributed by atoms with E-state index in [1.165, 1.54) is 17.5 Å². The molecule has 5 heteroatoms. The van der Waals surface area contributed by atoms with Gasteiger partial charge in [-0.1, -0.05) is 31.2 Å². The molecule has 1 N–H and O–H groups in total. The van der Waals surface area contributed by atoms with Gasteiger partial charge >= 0.3 is 6.09 Å². The lowest BCUT2D eigenvalue weighted by Crippen LogP contribution is -2.58. The molecule has 2 unspecified atom stereocenters. The Bertz CT molecular complexity index is 738. The first-order chi connectivity index (χ1) is 12.0. The number of benzene rings is 1. The topological polar surface area (TPSA) is 58.6 Å². The summed E-state index contributed by atoms with van der Waals surface area (Å²) in [6.45, 7) is 4.33. The fourth-order valence-electron chi connectivity index (χ4n) is 5.20. The minimum atomic E-state index is -0.345. The molecule has 0 radical (unpaired) electrons. The Labute approximate surface area is 147 Å². The quantitative estimate of drug-likeness (QED) is 0.918. The largest absolute Gasteiger partial charge is 0.447 e. The van der Waals surface area contributed by atoms with Crippen molar-refractivity contribution in [1.29, 1.82) is 0 Å². The minimum Gasteiger partial charge on any atom is -0.447 e. The van der Waals surface area contributed by atoms with Crippen LogP contribution in [0.4, 0.5) is 4.79 Å². The number of piperidine rings is 1. The van der Waals surface area contributed by atoms with Gasteiger partial charge in [-0.15, -0.1) is 0 Å². The number of cyclic esters (lactones) is 1. The Morgan fingerprint density at radius 1 is 1.28 bits per heavy atom. The summed E-state index contributed by atoms with van der Waals surface area (Å²) < 4.78 is 5.01. The van der Waals surface area contributed by atoms with E-state index in [2.05, 4.69) is 41.4 Å². The molecule has 1 aromatic carbocycles. The minimum absolute atomic E-state index is 0.0408. The number of carbonyl (C=O) groups excluding carboxylic acids is 2. The number of hydrogen-bond donors (Lipinski definition) is 1. The molecule has 2 atom stereocenters. The highest BCUT2D eigenvalue weighted by Gasteiger charge is 2.63. The second-order valence-electron chi connectivity index (χ2n) is 8.41. The van der Waals surface area contributed by atoms with Crippen LogP contribution in [0.25, 0.3) is 0 Å². The van der Waals surface area contributed by atoms with Crippen molar-refractivity contribution in [2.24, 2.45) is 11.8 Å². The smallest absolute Gasteiger partial charge is 0.407 e. The van der Waals surface area contributed by atoms with Crippen molar-refractivity contribution in [1.82, 2.24) is 10.2 Å². The molecule has 2 amide bonds. The Balaban J connectivity index is 1.24. The van der Waals surface area contributed by atoms with E-state index in [-0.39, 0.29) is 28.9 Å². The summed E-state index contributed by atoms with van der Waals surface area (Å²) in [7, 11) is 0. The molecule has 2 aliphatic carbocycles. The molecule has 2 saturated heterocycles. The fraction of sp³-hybridized carbons (Fsp3) is 0.600. The SMILES string of the molecule is CCc1ccc(C23CC2CN(C(=O)C2CC4(COC(=O)N4)C2)C3)cc1. The third-order valence-electron chi connectivity index (χ3n) is 6.86. The first-order valence-electron chi connectivity index (χ1n) is 9.37. The zero-order valence-corrected chi connectivity index (χ0v) is 14.6. The zero-order valence-electron chi connectivity index (χ0n) is 14.6. The highest BCUT2D eigenvalue weighted by Crippen LogP contribution is 2.59. The summed E-state index contributed by atoms with van der Waals surface area (Å²) in [4.78, 5) is 26.2. The van der Waals surface area contributed by atoms with Crippen LogP contribution in [0.2, 0.25) is 0 Å². The van der Waals surface area contributed by atoms with Crippen molar-refractivity contribution in [3.8, 4) is 0 Å². The average molecular weight is 340 g/mol. The van der Waals surface area contributed by atoms with Crippen LogP contribution >= 0.6 is 0 Å². The number of aryl methyl sites for hydroxylation is 1. The number of nitrogens with zero attached hydrogens (tertiary/aromatic N) is 1. The van der Waals surface area contributed by atoms with Gasteiger partial charge in [0.15, 0.2) is 0 Å². The normalized spacial score (nSPS) is 38.1. The molecular formula is C20H24N2O3. The predicted molar refractivity (Wildman–Crippen MR) is 92.1 cm³/mol. The molecule has 132 valence electrons. The van der Waals surface area contributed by atoms with Crippen LogP contribution in [0.3, 0.4) is 0 Å². The van der Waals surface area contributed by atoms with Crippen molar-refractivity contribution in [3.63, 3.8) is 0 Å². The van der Waals surface area contributed by atoms with Gasteiger partial charge < -0.3 is 15.0 Å². The number of hydrogen-bond acceptors (Lipinski definition) is 3. The van der Waals surface area contributed by atoms with E-state index in [0.29, 0.717) is 12.5 Å². The number of likely N-dealkylation sites (tertiary alicyclic amines) is 1. The summed E-state index contributed by atoms with van der Waals surface area (Å²) in [5, 5.41) is 2.87. The second kappa shape index (κ2) is 4.99. The molecule has 0 bridgehead atoms. The van der Waals surface area contributed by atoms with E-state index >= 15 is 0 Å². The number of nitrogens with one attached hydrogen (secondary N) is 1. The molecule has 2 saturated carbocycles. The molecule has 2 heterocycles. The molecule has 2 aliphatic heterocycles. The molecule has 1 spiro atoms. The number of alkyl carbamates (subject to hydrolysis) is 1. The third kappa shape index (κ3) is 2.21. The molecule has 5 nitrogen and oxygen atoms in total. The maximum absolute atomic E-state index is 12.9. The maximum atomic E-state index is 12.9. The summed E-state index contributed by atoms with van der Waals surface area (Å²) in [5.41, 5.74) is 2.69. The average Bonchev–Trinajstić information content (AvgIpc) is 2.96. The van der Waals surface area contributed by atoms with Crippen LogP contribution in [0.1, 0.15) is 37.3 Å². The number of carbonyl (C=O) groups is 2. The Morgan fingerprint density at radius 3 is 2.68 bits per heavy atom. The Kier molecular flexibility index (Phi) is 3.04. The van der Waals surface area contributed by atoms with Crippen LogP contribution in [-0.2, 0) is 21.4 Å². The molecular weight excluding hydrogens is 316 g/mol. The van der Waals surface area contributed by atoms with Crippen molar-refractivity contribution in [3.05, 3.63) is 35.4 Å². The van der Waals surface area contributed by atoms with Gasteiger partial charge in [0, 0.05) is 24.4 Å². The van der Waals surface area contributed by atoms with Crippen molar-refractivity contribution in [2.45, 2.75) is 43.6 Å². The monoisotopic (exact) mass is 340 g/mol. The van der Waals surface area contributed by atoms with E-state index in [1.54, 1.807) is 0 Å². The van der Waals surface area contributed by atoms with Crippen molar-refractivity contribution < 1.29 is 14.3 Å². The van der Waals surface area contributed by atoms with Crippen LogP contribution in [0, 0.1) is 11.8 Å². The molecule has 5 rings (SSSR count). The number of ether oxygens (including phenoxy) is 1. The van der Waals surface area contributed by atoms with Gasteiger partial charge in [-0.05, 0) is 42.7 Å². The van der Waals surface area contributed by atoms with Gasteiger partial charge in [0.05, 0.1) is 5.54 Å². The lowest BCUT2D eigenvalue weighted by molar-refractivity contribution is -0.140. The number of amides is 2. The first-order valence-corrected chi connectivity index (χ1v) is 9.37. The van der Waals surface area contributed by atoms with Gasteiger partial charge in [-0.2, -0.15) is 0 Å². The van der Waals surface area contributed by atoms with Crippen molar-refractivity contribution in [2.75, 3.05) is 19.7 Å². The van der Waals surface area contributed by atoms with E-state index in [0.717, 1.165) is 32.4 Å². The van der Waals surface area contributed by atoms with Gasteiger partial charge in [0.2, 0.25) is 5.91 Å². The Morgan fingerprint density at radius 2 is 2.04 bits per heavy atom. The van der Waals surface area contributed by atoms with Gasteiger partial charge in [0.25, 0.3) is 0 Å². The van der Waals surface area contributed by atoms with E-state index in [1.807, 2.05) is 0 Å². The fourth-order valence-corrected chi connectivity index (χ4v) is 5.20. The van der Waals surface area contributed by atoms with Crippen LogP contribution < -0.4 is 5.32 Å². The van der Waals surface area contributed by atoms with Gasteiger partial charge in [-0.3, -0.25) is 4.79 Å². The van der Waals surface area contributed by atoms with E-state index in [9.17, 15) is 9.59 Å². The molecule has 0 aromatic heterocycles. The summed E-state index contributed by atoms with van der Waals surface area (Å²) in [6.07, 6.45) is 3.36. The lowest BCUT2D eigenvalue weighted by Gasteiger charge is -2.43. The van der Waals surface area contributed by atoms with Crippen LogP contribution in [0.5, 0.6) is 0 Å². The zero-order chi connectivity index (χ0) is 17.2. The Hall–Kier alpha value is -2.04. The van der Waals surface area contributed by atoms with Crippen LogP contribution in [0.15, 0.2) is 24.3 Å². The van der Waals surface area contributed by atoms with E-state index < -0.39 is 0 Å². The highest BCUT2D eigenvalue weighted by molar-refractivity contribution is 5.82. The first kappa shape index (κ1) is 15.2. The molecule has 4 fully saturated rings. The maximum Gasteiger partial charge on any atom is 0.407 e. The summed E-state index contributed by atoms with van der Waals surface area (Å²) in [5.74, 6) is 0.926. The lowest BCUT2D eigenvalue weighted by atomic mass is 9.68. The summed E-state index contributed by atoms with van der Waals surface area (Å²) >= 11 is 0.